The van der Waals surface area contributed by atoms with Crippen molar-refractivity contribution in [1.82, 2.24) is 5.32 Å². The first-order chi connectivity index (χ1) is 10.0. The van der Waals surface area contributed by atoms with Crippen LogP contribution in [0.25, 0.3) is 0 Å². The number of esters is 1. The molecule has 0 saturated heterocycles. The minimum atomic E-state index is -0.882. The largest absolute Gasteiger partial charge is 0.467 e. The fourth-order valence-corrected chi connectivity index (χ4v) is 1.70. The number of nitrogens with one attached hydrogen (secondary N) is 1. The van der Waals surface area contributed by atoms with Gasteiger partial charge in [-0.3, -0.25) is 4.79 Å². The zero-order chi connectivity index (χ0) is 15.8. The molecular weight excluding hydrogens is 270 g/mol. The first-order valence-corrected chi connectivity index (χ1v) is 6.30. The number of amides is 1. The first kappa shape index (κ1) is 16.2. The number of carbonyl (C=O) groups is 2. The fraction of sp³-hybridized carbons (Fsp3) is 0.333. The summed E-state index contributed by atoms with van der Waals surface area (Å²) in [5.74, 6) is -1.45. The van der Waals surface area contributed by atoms with Crippen LogP contribution >= 0.6 is 0 Å². The molecule has 0 radical (unpaired) electrons. The van der Waals surface area contributed by atoms with Crippen LogP contribution in [0.3, 0.4) is 0 Å². The second-order valence-corrected chi connectivity index (χ2v) is 4.50. The summed E-state index contributed by atoms with van der Waals surface area (Å²) in [6, 6.07) is 9.10. The molecule has 1 amide bonds. The molecular formula is C15H15N3O3. The van der Waals surface area contributed by atoms with Crippen LogP contribution < -0.4 is 5.32 Å². The third-order valence-corrected chi connectivity index (χ3v) is 2.88. The predicted octanol–water partition coefficient (Wildman–Crippen LogP) is 1.38. The lowest BCUT2D eigenvalue weighted by molar-refractivity contribution is -0.143. The van der Waals surface area contributed by atoms with E-state index in [4.69, 9.17) is 10.5 Å². The molecule has 1 aromatic carbocycles. The fourth-order valence-electron chi connectivity index (χ4n) is 1.70. The van der Waals surface area contributed by atoms with E-state index in [-0.39, 0.29) is 6.42 Å². The molecule has 6 heteroatoms. The number of methoxy groups -OCH3 is 1. The van der Waals surface area contributed by atoms with E-state index in [9.17, 15) is 9.59 Å². The van der Waals surface area contributed by atoms with E-state index in [1.165, 1.54) is 31.4 Å². The Bertz CT molecular complexity index is 596. The molecule has 6 nitrogen and oxygen atoms in total. The maximum absolute atomic E-state index is 12.1. The Hall–Kier alpha value is -2.86. The Morgan fingerprint density at radius 1 is 1.29 bits per heavy atom. The molecule has 0 bridgehead atoms. The van der Waals surface area contributed by atoms with Crippen LogP contribution in [0.2, 0.25) is 0 Å². The normalized spacial score (nSPS) is 12.4. The van der Waals surface area contributed by atoms with Crippen molar-refractivity contribution >= 4 is 11.9 Å². The molecule has 0 heterocycles. The van der Waals surface area contributed by atoms with Crippen molar-refractivity contribution in [3.63, 3.8) is 0 Å². The third-order valence-electron chi connectivity index (χ3n) is 2.88. The monoisotopic (exact) mass is 285 g/mol. The number of rotatable bonds is 5. The summed E-state index contributed by atoms with van der Waals surface area (Å²) in [6.45, 7) is 1.66. The second-order valence-electron chi connectivity index (χ2n) is 4.50. The van der Waals surface area contributed by atoms with E-state index in [0.717, 1.165) is 0 Å². The standard InChI is InChI=1S/C15H15N3O3/c1-10(8-16)7-13(15(20)21-2)18-14(19)12-5-3-11(9-17)4-6-12/h3-6,10,13H,7H2,1-2H3,(H,18,19)/t10-,13+/m1/s1. The summed E-state index contributed by atoms with van der Waals surface area (Å²) in [6.07, 6.45) is 0.172. The molecule has 0 fully saturated rings. The third kappa shape index (κ3) is 4.63. The molecule has 2 atom stereocenters. The number of nitriles is 2. The van der Waals surface area contributed by atoms with Crippen LogP contribution in [0.15, 0.2) is 24.3 Å². The average molecular weight is 285 g/mol. The van der Waals surface area contributed by atoms with Crippen molar-refractivity contribution in [3.8, 4) is 12.1 Å². The lowest BCUT2D eigenvalue weighted by Gasteiger charge is -2.17. The molecule has 0 unspecified atom stereocenters. The highest BCUT2D eigenvalue weighted by atomic mass is 16.5. The molecule has 21 heavy (non-hydrogen) atoms. The second kappa shape index (κ2) is 7.66. The van der Waals surface area contributed by atoms with Crippen LogP contribution in [-0.4, -0.2) is 25.0 Å². The number of hydrogen-bond donors (Lipinski definition) is 1. The number of hydrogen-bond acceptors (Lipinski definition) is 5. The van der Waals surface area contributed by atoms with Crippen LogP contribution in [0.5, 0.6) is 0 Å². The van der Waals surface area contributed by atoms with Crippen molar-refractivity contribution < 1.29 is 14.3 Å². The summed E-state index contributed by atoms with van der Waals surface area (Å²) < 4.78 is 4.62. The maximum Gasteiger partial charge on any atom is 0.328 e. The van der Waals surface area contributed by atoms with Gasteiger partial charge in [-0.05, 0) is 37.6 Å². The molecule has 0 aliphatic rings. The molecule has 0 spiro atoms. The van der Waals surface area contributed by atoms with Gasteiger partial charge in [0.1, 0.15) is 6.04 Å². The highest BCUT2D eigenvalue weighted by Crippen LogP contribution is 2.09. The van der Waals surface area contributed by atoms with Crippen LogP contribution in [0.4, 0.5) is 0 Å². The zero-order valence-electron chi connectivity index (χ0n) is 11.8. The molecule has 1 aromatic rings. The van der Waals surface area contributed by atoms with E-state index in [2.05, 4.69) is 10.1 Å². The van der Waals surface area contributed by atoms with Crippen molar-refractivity contribution in [2.24, 2.45) is 5.92 Å². The maximum atomic E-state index is 12.1. The van der Waals surface area contributed by atoms with Gasteiger partial charge in [0.25, 0.3) is 5.91 Å². The van der Waals surface area contributed by atoms with Crippen molar-refractivity contribution in [3.05, 3.63) is 35.4 Å². The number of ether oxygens (including phenoxy) is 1. The van der Waals surface area contributed by atoms with Gasteiger partial charge in [0.2, 0.25) is 0 Å². The Morgan fingerprint density at radius 2 is 1.90 bits per heavy atom. The Balaban J connectivity index is 2.82. The van der Waals surface area contributed by atoms with E-state index in [1.54, 1.807) is 6.92 Å². The predicted molar refractivity (Wildman–Crippen MR) is 73.8 cm³/mol. The quantitative estimate of drug-likeness (QED) is 0.823. The summed E-state index contributed by atoms with van der Waals surface area (Å²) in [4.78, 5) is 23.7. The molecule has 0 aliphatic carbocycles. The number of carbonyl (C=O) groups excluding carboxylic acids is 2. The van der Waals surface area contributed by atoms with Gasteiger partial charge in [-0.1, -0.05) is 0 Å². The van der Waals surface area contributed by atoms with Gasteiger partial charge in [-0.15, -0.1) is 0 Å². The Morgan fingerprint density at radius 3 is 2.38 bits per heavy atom. The minimum absolute atomic E-state index is 0.172. The lowest BCUT2D eigenvalue weighted by atomic mass is 10.0. The smallest absolute Gasteiger partial charge is 0.328 e. The van der Waals surface area contributed by atoms with E-state index in [1.807, 2.05) is 12.1 Å². The van der Waals surface area contributed by atoms with Gasteiger partial charge in [0.05, 0.1) is 24.8 Å². The van der Waals surface area contributed by atoms with Crippen molar-refractivity contribution in [2.45, 2.75) is 19.4 Å². The van der Waals surface area contributed by atoms with Crippen LogP contribution in [0, 0.1) is 28.6 Å². The average Bonchev–Trinajstić information content (AvgIpc) is 2.53. The Labute approximate surface area is 122 Å². The summed E-state index contributed by atoms with van der Waals surface area (Å²) in [5, 5.41) is 20.0. The van der Waals surface area contributed by atoms with Gasteiger partial charge in [0, 0.05) is 11.5 Å². The summed E-state index contributed by atoms with van der Waals surface area (Å²) >= 11 is 0. The van der Waals surface area contributed by atoms with Gasteiger partial charge >= 0.3 is 5.97 Å². The van der Waals surface area contributed by atoms with Gasteiger partial charge < -0.3 is 10.1 Å². The van der Waals surface area contributed by atoms with Crippen LogP contribution in [0.1, 0.15) is 29.3 Å². The molecule has 108 valence electrons. The minimum Gasteiger partial charge on any atom is -0.467 e. The topological polar surface area (TPSA) is 103 Å². The van der Waals surface area contributed by atoms with E-state index in [0.29, 0.717) is 11.1 Å². The van der Waals surface area contributed by atoms with Crippen LogP contribution in [-0.2, 0) is 9.53 Å². The van der Waals surface area contributed by atoms with Gasteiger partial charge in [0.15, 0.2) is 0 Å². The summed E-state index contributed by atoms with van der Waals surface area (Å²) in [5.41, 5.74) is 0.765. The Kier molecular flexibility index (Phi) is 5.91. The highest BCUT2D eigenvalue weighted by Gasteiger charge is 2.24. The molecule has 1 N–H and O–H groups in total. The van der Waals surface area contributed by atoms with E-state index < -0.39 is 23.8 Å². The molecule has 0 aromatic heterocycles. The zero-order valence-corrected chi connectivity index (χ0v) is 11.8. The molecule has 0 saturated carbocycles. The molecule has 0 aliphatic heterocycles. The number of nitrogens with zero attached hydrogens (tertiary/aromatic N) is 2. The summed E-state index contributed by atoms with van der Waals surface area (Å²) in [7, 11) is 1.22. The molecule has 1 rings (SSSR count). The van der Waals surface area contributed by atoms with E-state index >= 15 is 0 Å². The van der Waals surface area contributed by atoms with Crippen molar-refractivity contribution in [1.29, 1.82) is 10.5 Å². The number of benzene rings is 1. The lowest BCUT2D eigenvalue weighted by Crippen LogP contribution is -2.42. The van der Waals surface area contributed by atoms with Gasteiger partial charge in [-0.25, -0.2) is 4.79 Å². The van der Waals surface area contributed by atoms with Crippen molar-refractivity contribution in [2.75, 3.05) is 7.11 Å². The first-order valence-electron chi connectivity index (χ1n) is 6.30. The highest BCUT2D eigenvalue weighted by molar-refractivity contribution is 5.96. The SMILES string of the molecule is COC(=O)[C@H](C[C@@H](C)C#N)NC(=O)c1ccc(C#N)cc1. The van der Waals surface area contributed by atoms with Gasteiger partial charge in [-0.2, -0.15) is 10.5 Å².